The topological polar surface area (TPSA) is 52.3 Å². The maximum absolute atomic E-state index is 12.2. The van der Waals surface area contributed by atoms with Gasteiger partial charge in [-0.2, -0.15) is 0 Å². The SMILES string of the molecule is CC(C)[C@H](Cc1ccc(N)cc1)C(=O)OC(C)(C)C. The van der Waals surface area contributed by atoms with Crippen molar-refractivity contribution in [2.45, 2.75) is 46.6 Å². The Kier molecular flexibility index (Phi) is 4.98. The molecule has 1 atom stereocenters. The molecule has 0 aliphatic carbocycles. The summed E-state index contributed by atoms with van der Waals surface area (Å²) in [5, 5.41) is 0. The van der Waals surface area contributed by atoms with Crippen LogP contribution in [0.3, 0.4) is 0 Å². The molecule has 0 fully saturated rings. The first-order valence-electron chi connectivity index (χ1n) is 6.76. The first-order chi connectivity index (χ1) is 8.69. The van der Waals surface area contributed by atoms with E-state index in [4.69, 9.17) is 10.5 Å². The fraction of sp³-hybridized carbons (Fsp3) is 0.562. The lowest BCUT2D eigenvalue weighted by atomic mass is 9.89. The van der Waals surface area contributed by atoms with Gasteiger partial charge in [-0.1, -0.05) is 26.0 Å². The van der Waals surface area contributed by atoms with Gasteiger partial charge in [0, 0.05) is 5.69 Å². The average molecular weight is 263 g/mol. The predicted octanol–water partition coefficient (Wildman–Crippen LogP) is 3.43. The molecule has 0 radical (unpaired) electrons. The molecule has 3 nitrogen and oxygen atoms in total. The fourth-order valence-corrected chi connectivity index (χ4v) is 1.88. The Hall–Kier alpha value is -1.51. The summed E-state index contributed by atoms with van der Waals surface area (Å²) in [4.78, 5) is 12.2. The van der Waals surface area contributed by atoms with Crippen molar-refractivity contribution in [2.75, 3.05) is 5.73 Å². The molecular formula is C16H25NO2. The van der Waals surface area contributed by atoms with Gasteiger partial charge in [-0.3, -0.25) is 4.79 Å². The van der Waals surface area contributed by atoms with Crippen molar-refractivity contribution in [3.63, 3.8) is 0 Å². The zero-order chi connectivity index (χ0) is 14.6. The van der Waals surface area contributed by atoms with Crippen LogP contribution in [0.5, 0.6) is 0 Å². The van der Waals surface area contributed by atoms with Gasteiger partial charge in [-0.25, -0.2) is 0 Å². The third kappa shape index (κ3) is 5.33. The number of carbonyl (C=O) groups is 1. The molecule has 0 unspecified atom stereocenters. The lowest BCUT2D eigenvalue weighted by Crippen LogP contribution is -2.32. The van der Waals surface area contributed by atoms with Crippen molar-refractivity contribution in [2.24, 2.45) is 11.8 Å². The summed E-state index contributed by atoms with van der Waals surface area (Å²) >= 11 is 0. The molecule has 106 valence electrons. The van der Waals surface area contributed by atoms with Gasteiger partial charge >= 0.3 is 5.97 Å². The van der Waals surface area contributed by atoms with Gasteiger partial charge in [0.05, 0.1) is 5.92 Å². The highest BCUT2D eigenvalue weighted by atomic mass is 16.6. The van der Waals surface area contributed by atoms with Crippen LogP contribution in [0.15, 0.2) is 24.3 Å². The van der Waals surface area contributed by atoms with Crippen molar-refractivity contribution in [3.05, 3.63) is 29.8 Å². The first kappa shape index (κ1) is 15.5. The van der Waals surface area contributed by atoms with Crippen LogP contribution in [0.1, 0.15) is 40.2 Å². The van der Waals surface area contributed by atoms with Gasteiger partial charge in [-0.15, -0.1) is 0 Å². The van der Waals surface area contributed by atoms with E-state index in [1.54, 1.807) is 0 Å². The van der Waals surface area contributed by atoms with Crippen molar-refractivity contribution >= 4 is 11.7 Å². The molecule has 0 aliphatic heterocycles. The van der Waals surface area contributed by atoms with Gasteiger partial charge in [0.25, 0.3) is 0 Å². The van der Waals surface area contributed by atoms with Gasteiger partial charge in [0.15, 0.2) is 0 Å². The van der Waals surface area contributed by atoms with E-state index in [2.05, 4.69) is 0 Å². The number of carbonyl (C=O) groups excluding carboxylic acids is 1. The molecule has 3 heteroatoms. The minimum Gasteiger partial charge on any atom is -0.460 e. The number of nitrogen functional groups attached to an aromatic ring is 1. The van der Waals surface area contributed by atoms with E-state index in [1.807, 2.05) is 58.9 Å². The van der Waals surface area contributed by atoms with E-state index in [0.29, 0.717) is 6.42 Å². The fourth-order valence-electron chi connectivity index (χ4n) is 1.88. The van der Waals surface area contributed by atoms with E-state index < -0.39 is 5.60 Å². The predicted molar refractivity (Wildman–Crippen MR) is 78.7 cm³/mol. The van der Waals surface area contributed by atoms with Crippen LogP contribution in [-0.2, 0) is 16.0 Å². The molecule has 0 bridgehead atoms. The molecule has 19 heavy (non-hydrogen) atoms. The van der Waals surface area contributed by atoms with E-state index >= 15 is 0 Å². The standard InChI is InChI=1S/C16H25NO2/c1-11(2)14(15(18)19-16(3,4)5)10-12-6-8-13(17)9-7-12/h6-9,11,14H,10,17H2,1-5H3/t14-/m0/s1. The number of nitrogens with two attached hydrogens (primary N) is 1. The molecule has 1 rings (SSSR count). The lowest BCUT2D eigenvalue weighted by Gasteiger charge is -2.26. The number of benzene rings is 1. The maximum Gasteiger partial charge on any atom is 0.310 e. The van der Waals surface area contributed by atoms with Crippen LogP contribution in [0.2, 0.25) is 0 Å². The lowest BCUT2D eigenvalue weighted by molar-refractivity contribution is -0.161. The highest BCUT2D eigenvalue weighted by Crippen LogP contribution is 2.22. The van der Waals surface area contributed by atoms with Crippen molar-refractivity contribution in [1.82, 2.24) is 0 Å². The second kappa shape index (κ2) is 6.09. The summed E-state index contributed by atoms with van der Waals surface area (Å²) < 4.78 is 5.49. The molecule has 0 amide bonds. The van der Waals surface area contributed by atoms with Crippen LogP contribution in [0.25, 0.3) is 0 Å². The van der Waals surface area contributed by atoms with Crippen LogP contribution in [0.4, 0.5) is 5.69 Å². The highest BCUT2D eigenvalue weighted by molar-refractivity contribution is 5.73. The zero-order valence-electron chi connectivity index (χ0n) is 12.6. The van der Waals surface area contributed by atoms with E-state index in [1.165, 1.54) is 0 Å². The molecule has 0 saturated carbocycles. The molecule has 1 aromatic carbocycles. The smallest absolute Gasteiger partial charge is 0.310 e. The van der Waals surface area contributed by atoms with Crippen LogP contribution in [-0.4, -0.2) is 11.6 Å². The van der Waals surface area contributed by atoms with E-state index in [9.17, 15) is 4.79 Å². The summed E-state index contributed by atoms with van der Waals surface area (Å²) in [6.07, 6.45) is 0.687. The average Bonchev–Trinajstić information content (AvgIpc) is 2.25. The maximum atomic E-state index is 12.2. The minimum atomic E-state index is -0.439. The third-order valence-electron chi connectivity index (χ3n) is 2.95. The van der Waals surface area contributed by atoms with Gasteiger partial charge in [0.1, 0.15) is 5.60 Å². The van der Waals surface area contributed by atoms with Crippen LogP contribution in [0, 0.1) is 11.8 Å². The molecule has 0 aliphatic rings. The molecule has 0 aromatic heterocycles. The van der Waals surface area contributed by atoms with Crippen molar-refractivity contribution in [1.29, 1.82) is 0 Å². The Morgan fingerprint density at radius 1 is 1.21 bits per heavy atom. The minimum absolute atomic E-state index is 0.122. The molecule has 1 aromatic rings. The number of hydrogen-bond donors (Lipinski definition) is 1. The van der Waals surface area contributed by atoms with E-state index in [0.717, 1.165) is 11.3 Å². The van der Waals surface area contributed by atoms with Gasteiger partial charge in [-0.05, 0) is 50.8 Å². The Labute approximate surface area is 116 Å². The zero-order valence-corrected chi connectivity index (χ0v) is 12.6. The highest BCUT2D eigenvalue weighted by Gasteiger charge is 2.27. The second-order valence-corrected chi connectivity index (χ2v) is 6.33. The Bertz CT molecular complexity index is 415. The Morgan fingerprint density at radius 3 is 2.16 bits per heavy atom. The Balaban J connectivity index is 2.78. The third-order valence-corrected chi connectivity index (χ3v) is 2.95. The normalized spacial score (nSPS) is 13.4. The summed E-state index contributed by atoms with van der Waals surface area (Å²) in [6.45, 7) is 9.78. The molecule has 0 heterocycles. The number of hydrogen-bond acceptors (Lipinski definition) is 3. The first-order valence-corrected chi connectivity index (χ1v) is 6.76. The summed E-state index contributed by atoms with van der Waals surface area (Å²) in [5.74, 6) is -0.00502. The number of rotatable bonds is 4. The number of anilines is 1. The van der Waals surface area contributed by atoms with Crippen molar-refractivity contribution < 1.29 is 9.53 Å². The van der Waals surface area contributed by atoms with Crippen molar-refractivity contribution in [3.8, 4) is 0 Å². The molecule has 2 N–H and O–H groups in total. The number of esters is 1. The Morgan fingerprint density at radius 2 is 1.74 bits per heavy atom. The van der Waals surface area contributed by atoms with Crippen LogP contribution < -0.4 is 5.73 Å². The van der Waals surface area contributed by atoms with Crippen LogP contribution >= 0.6 is 0 Å². The number of ether oxygens (including phenoxy) is 1. The summed E-state index contributed by atoms with van der Waals surface area (Å²) in [7, 11) is 0. The monoisotopic (exact) mass is 263 g/mol. The second-order valence-electron chi connectivity index (χ2n) is 6.33. The summed E-state index contributed by atoms with van der Waals surface area (Å²) in [5.41, 5.74) is 7.08. The molecule has 0 spiro atoms. The van der Waals surface area contributed by atoms with E-state index in [-0.39, 0.29) is 17.8 Å². The van der Waals surface area contributed by atoms with Gasteiger partial charge in [0.2, 0.25) is 0 Å². The molecular weight excluding hydrogens is 238 g/mol. The van der Waals surface area contributed by atoms with Gasteiger partial charge < -0.3 is 10.5 Å². The quantitative estimate of drug-likeness (QED) is 0.669. The largest absolute Gasteiger partial charge is 0.460 e. The summed E-state index contributed by atoms with van der Waals surface area (Å²) in [6, 6.07) is 7.66. The molecule has 0 saturated heterocycles.